The lowest BCUT2D eigenvalue weighted by Crippen LogP contribution is -2.36. The van der Waals surface area contributed by atoms with Gasteiger partial charge in [0.2, 0.25) is 0 Å². The molecule has 0 bridgehead atoms. The molecule has 1 aromatic heterocycles. The van der Waals surface area contributed by atoms with Crippen molar-refractivity contribution >= 4 is 0 Å². The van der Waals surface area contributed by atoms with Crippen molar-refractivity contribution in [1.82, 2.24) is 20.0 Å². The first-order valence-electron chi connectivity index (χ1n) is 6.05. The summed E-state index contributed by atoms with van der Waals surface area (Å²) in [7, 11) is 2.20. The lowest BCUT2D eigenvalue weighted by Gasteiger charge is -2.29. The van der Waals surface area contributed by atoms with E-state index in [4.69, 9.17) is 0 Å². The molecule has 16 heavy (non-hydrogen) atoms. The summed E-state index contributed by atoms with van der Waals surface area (Å²) in [6, 6.07) is 1.97. The fraction of sp³-hybridized carbons (Fsp3) is 0.750. The standard InChI is InChI=1S/C12H22N4/c1-12(4-6-13-10-12)11-15(2)8-9-16-7-3-5-14-16/h3,5,7,13H,4,6,8-11H2,1-2H3. The Kier molecular flexibility index (Phi) is 3.61. The Morgan fingerprint density at radius 2 is 2.44 bits per heavy atom. The fourth-order valence-corrected chi connectivity index (χ4v) is 2.44. The predicted molar refractivity (Wildman–Crippen MR) is 65.3 cm³/mol. The van der Waals surface area contributed by atoms with E-state index in [-0.39, 0.29) is 0 Å². The SMILES string of the molecule is CN(CCn1cccn1)CC1(C)CCNC1. The Hall–Kier alpha value is -0.870. The second-order valence-corrected chi connectivity index (χ2v) is 5.24. The van der Waals surface area contributed by atoms with E-state index in [9.17, 15) is 0 Å². The maximum atomic E-state index is 4.21. The van der Waals surface area contributed by atoms with Crippen LogP contribution in [0.25, 0.3) is 0 Å². The molecule has 0 spiro atoms. The Balaban J connectivity index is 1.73. The summed E-state index contributed by atoms with van der Waals surface area (Å²) in [5.41, 5.74) is 0.457. The third-order valence-electron chi connectivity index (χ3n) is 3.38. The summed E-state index contributed by atoms with van der Waals surface area (Å²) >= 11 is 0. The van der Waals surface area contributed by atoms with Gasteiger partial charge in [-0.1, -0.05) is 6.92 Å². The molecule has 0 amide bonds. The number of hydrogen-bond donors (Lipinski definition) is 1. The van der Waals surface area contributed by atoms with Gasteiger partial charge in [0, 0.05) is 32.0 Å². The number of nitrogens with one attached hydrogen (secondary N) is 1. The average molecular weight is 222 g/mol. The number of nitrogens with zero attached hydrogens (tertiary/aromatic N) is 3. The molecule has 1 aromatic rings. The van der Waals surface area contributed by atoms with Crippen molar-refractivity contribution in [3.8, 4) is 0 Å². The molecule has 0 aliphatic carbocycles. The maximum Gasteiger partial charge on any atom is 0.0536 e. The number of rotatable bonds is 5. The highest BCUT2D eigenvalue weighted by molar-refractivity contribution is 4.86. The maximum absolute atomic E-state index is 4.21. The van der Waals surface area contributed by atoms with E-state index in [1.54, 1.807) is 0 Å². The first kappa shape index (κ1) is 11.6. The summed E-state index contributed by atoms with van der Waals surface area (Å²) in [5, 5.41) is 7.66. The van der Waals surface area contributed by atoms with Crippen LogP contribution < -0.4 is 5.32 Å². The van der Waals surface area contributed by atoms with Gasteiger partial charge in [0.05, 0.1) is 6.54 Å². The smallest absolute Gasteiger partial charge is 0.0536 e. The minimum absolute atomic E-state index is 0.457. The van der Waals surface area contributed by atoms with Gasteiger partial charge in [-0.15, -0.1) is 0 Å². The van der Waals surface area contributed by atoms with Crippen LogP contribution in [0.2, 0.25) is 0 Å². The first-order valence-corrected chi connectivity index (χ1v) is 6.05. The monoisotopic (exact) mass is 222 g/mol. The van der Waals surface area contributed by atoms with Crippen LogP contribution in [0.4, 0.5) is 0 Å². The third kappa shape index (κ3) is 3.06. The zero-order valence-corrected chi connectivity index (χ0v) is 10.3. The molecule has 1 fully saturated rings. The van der Waals surface area contributed by atoms with Gasteiger partial charge in [-0.25, -0.2) is 0 Å². The molecule has 4 heteroatoms. The molecule has 0 aromatic carbocycles. The molecule has 0 radical (unpaired) electrons. The van der Waals surface area contributed by atoms with Crippen molar-refractivity contribution in [3.05, 3.63) is 18.5 Å². The number of hydrogen-bond acceptors (Lipinski definition) is 3. The zero-order chi connectivity index (χ0) is 11.4. The second-order valence-electron chi connectivity index (χ2n) is 5.24. The molecule has 1 saturated heterocycles. The molecule has 1 unspecified atom stereocenters. The van der Waals surface area contributed by atoms with E-state index in [1.165, 1.54) is 19.5 Å². The van der Waals surface area contributed by atoms with E-state index >= 15 is 0 Å². The van der Waals surface area contributed by atoms with Gasteiger partial charge >= 0.3 is 0 Å². The number of likely N-dealkylation sites (N-methyl/N-ethyl adjacent to an activating group) is 1. The predicted octanol–water partition coefficient (Wildman–Crippen LogP) is 0.815. The summed E-state index contributed by atoms with van der Waals surface area (Å²) < 4.78 is 1.99. The summed E-state index contributed by atoms with van der Waals surface area (Å²) in [6.07, 6.45) is 5.15. The van der Waals surface area contributed by atoms with E-state index in [1.807, 2.05) is 23.1 Å². The zero-order valence-electron chi connectivity index (χ0n) is 10.3. The van der Waals surface area contributed by atoms with Crippen LogP contribution in [-0.2, 0) is 6.54 Å². The van der Waals surface area contributed by atoms with Crippen LogP contribution in [-0.4, -0.2) is 47.9 Å². The van der Waals surface area contributed by atoms with Crippen molar-refractivity contribution in [2.45, 2.75) is 19.9 Å². The Morgan fingerprint density at radius 3 is 3.06 bits per heavy atom. The highest BCUT2D eigenvalue weighted by Gasteiger charge is 2.29. The van der Waals surface area contributed by atoms with Crippen LogP contribution >= 0.6 is 0 Å². The van der Waals surface area contributed by atoms with Crippen molar-refractivity contribution in [3.63, 3.8) is 0 Å². The molecular formula is C12H22N4. The molecule has 2 heterocycles. The Labute approximate surface area is 97.6 Å². The minimum Gasteiger partial charge on any atom is -0.316 e. The van der Waals surface area contributed by atoms with E-state index in [0.717, 1.165) is 19.6 Å². The normalized spacial score (nSPS) is 25.4. The molecule has 1 aliphatic rings. The van der Waals surface area contributed by atoms with Gasteiger partial charge < -0.3 is 10.2 Å². The molecule has 2 rings (SSSR count). The molecule has 1 aliphatic heterocycles. The van der Waals surface area contributed by atoms with E-state index in [0.29, 0.717) is 5.41 Å². The Bertz CT molecular complexity index is 301. The molecular weight excluding hydrogens is 200 g/mol. The summed E-state index contributed by atoms with van der Waals surface area (Å²) in [6.45, 7) is 7.91. The van der Waals surface area contributed by atoms with Crippen LogP contribution in [0.3, 0.4) is 0 Å². The van der Waals surface area contributed by atoms with Gasteiger partial charge in [0.25, 0.3) is 0 Å². The second kappa shape index (κ2) is 4.97. The minimum atomic E-state index is 0.457. The lowest BCUT2D eigenvalue weighted by atomic mass is 9.89. The van der Waals surface area contributed by atoms with Gasteiger partial charge in [0.1, 0.15) is 0 Å². The van der Waals surface area contributed by atoms with Gasteiger partial charge in [-0.3, -0.25) is 4.68 Å². The van der Waals surface area contributed by atoms with Crippen LogP contribution in [0.15, 0.2) is 18.5 Å². The summed E-state index contributed by atoms with van der Waals surface area (Å²) in [5.74, 6) is 0. The van der Waals surface area contributed by atoms with E-state index in [2.05, 4.69) is 29.3 Å². The van der Waals surface area contributed by atoms with Crippen LogP contribution in [0, 0.1) is 5.41 Å². The van der Waals surface area contributed by atoms with Crippen LogP contribution in [0.1, 0.15) is 13.3 Å². The van der Waals surface area contributed by atoms with Crippen molar-refractivity contribution in [1.29, 1.82) is 0 Å². The Morgan fingerprint density at radius 1 is 1.56 bits per heavy atom. The van der Waals surface area contributed by atoms with Gasteiger partial charge in [0.15, 0.2) is 0 Å². The van der Waals surface area contributed by atoms with Gasteiger partial charge in [-0.2, -0.15) is 5.10 Å². The average Bonchev–Trinajstić information content (AvgIpc) is 2.86. The highest BCUT2D eigenvalue weighted by atomic mass is 15.3. The molecule has 4 nitrogen and oxygen atoms in total. The van der Waals surface area contributed by atoms with Crippen molar-refractivity contribution in [2.24, 2.45) is 5.41 Å². The third-order valence-corrected chi connectivity index (χ3v) is 3.38. The summed E-state index contributed by atoms with van der Waals surface area (Å²) in [4.78, 5) is 2.41. The molecule has 90 valence electrons. The van der Waals surface area contributed by atoms with Gasteiger partial charge in [-0.05, 0) is 31.5 Å². The first-order chi connectivity index (χ1) is 7.68. The van der Waals surface area contributed by atoms with Crippen molar-refractivity contribution in [2.75, 3.05) is 33.2 Å². The topological polar surface area (TPSA) is 33.1 Å². The quantitative estimate of drug-likeness (QED) is 0.800. The highest BCUT2D eigenvalue weighted by Crippen LogP contribution is 2.24. The van der Waals surface area contributed by atoms with Crippen molar-refractivity contribution < 1.29 is 0 Å². The lowest BCUT2D eigenvalue weighted by molar-refractivity contribution is 0.202. The molecule has 1 N–H and O–H groups in total. The number of aromatic nitrogens is 2. The molecule has 1 atom stereocenters. The molecule has 0 saturated carbocycles. The largest absolute Gasteiger partial charge is 0.316 e. The van der Waals surface area contributed by atoms with Crippen LogP contribution in [0.5, 0.6) is 0 Å². The van der Waals surface area contributed by atoms with E-state index < -0.39 is 0 Å². The fourth-order valence-electron chi connectivity index (χ4n) is 2.44.